The summed E-state index contributed by atoms with van der Waals surface area (Å²) in [5.74, 6) is 0. The Kier molecular flexibility index (Phi) is 6.98. The molecule has 10 heavy (non-hydrogen) atoms. The van der Waals surface area contributed by atoms with Gasteiger partial charge in [-0.2, -0.15) is 0 Å². The molecule has 0 aromatic heterocycles. The van der Waals surface area contributed by atoms with Crippen LogP contribution in [0, 0.1) is 6.92 Å². The molecule has 1 radical (unpaired) electrons. The van der Waals surface area contributed by atoms with Gasteiger partial charge < -0.3 is 9.47 Å². The van der Waals surface area contributed by atoms with E-state index in [9.17, 15) is 0 Å². The Hall–Kier alpha value is -0.0800. The summed E-state index contributed by atoms with van der Waals surface area (Å²) >= 11 is 0. The lowest BCUT2D eigenvalue weighted by Gasteiger charge is -2.11. The van der Waals surface area contributed by atoms with Gasteiger partial charge >= 0.3 is 0 Å². The number of ether oxygens (including phenoxy) is 2. The number of hydrogen-bond acceptors (Lipinski definition) is 2. The molecule has 0 aliphatic heterocycles. The highest BCUT2D eigenvalue weighted by atomic mass is 16.5. The topological polar surface area (TPSA) is 18.5 Å². The molecule has 2 nitrogen and oxygen atoms in total. The van der Waals surface area contributed by atoms with Crippen molar-refractivity contribution < 1.29 is 9.47 Å². The summed E-state index contributed by atoms with van der Waals surface area (Å²) in [5.41, 5.74) is 0. The van der Waals surface area contributed by atoms with Gasteiger partial charge in [0.2, 0.25) is 0 Å². The molecule has 0 saturated heterocycles. The van der Waals surface area contributed by atoms with E-state index >= 15 is 0 Å². The van der Waals surface area contributed by atoms with E-state index in [1.807, 2.05) is 6.92 Å². The molecule has 2 heteroatoms. The van der Waals surface area contributed by atoms with Gasteiger partial charge in [-0.3, -0.25) is 0 Å². The van der Waals surface area contributed by atoms with E-state index in [0.717, 1.165) is 13.0 Å². The molecular weight excluding hydrogens is 128 g/mol. The van der Waals surface area contributed by atoms with Crippen molar-refractivity contribution in [1.82, 2.24) is 0 Å². The van der Waals surface area contributed by atoms with E-state index in [2.05, 4.69) is 13.8 Å². The molecule has 0 bridgehead atoms. The third kappa shape index (κ3) is 6.05. The molecule has 0 rings (SSSR count). The van der Waals surface area contributed by atoms with E-state index in [1.165, 1.54) is 0 Å². The first-order valence-electron chi connectivity index (χ1n) is 3.79. The monoisotopic (exact) mass is 145 g/mol. The van der Waals surface area contributed by atoms with Crippen LogP contribution in [0.5, 0.6) is 0 Å². The van der Waals surface area contributed by atoms with Crippen LogP contribution in [0.4, 0.5) is 0 Å². The number of rotatable bonds is 6. The molecule has 0 saturated carbocycles. The first kappa shape index (κ1) is 9.92. The van der Waals surface area contributed by atoms with E-state index < -0.39 is 0 Å². The van der Waals surface area contributed by atoms with Gasteiger partial charge in [0.15, 0.2) is 0 Å². The summed E-state index contributed by atoms with van der Waals surface area (Å²) in [6, 6.07) is 0. The maximum Gasteiger partial charge on any atom is 0.0780 e. The summed E-state index contributed by atoms with van der Waals surface area (Å²) in [5, 5.41) is 0. The molecule has 0 aliphatic rings. The van der Waals surface area contributed by atoms with Crippen molar-refractivity contribution in [2.24, 2.45) is 0 Å². The van der Waals surface area contributed by atoms with Crippen molar-refractivity contribution in [1.29, 1.82) is 0 Å². The third-order valence-corrected chi connectivity index (χ3v) is 1.10. The van der Waals surface area contributed by atoms with E-state index in [0.29, 0.717) is 13.2 Å². The fourth-order valence-electron chi connectivity index (χ4n) is 0.616. The highest BCUT2D eigenvalue weighted by Gasteiger charge is 1.98. The molecule has 1 unspecified atom stereocenters. The fourth-order valence-corrected chi connectivity index (χ4v) is 0.616. The smallest absolute Gasteiger partial charge is 0.0780 e. The van der Waals surface area contributed by atoms with Gasteiger partial charge in [0.25, 0.3) is 0 Å². The fraction of sp³-hybridized carbons (Fsp3) is 0.875. The van der Waals surface area contributed by atoms with Crippen LogP contribution in [0.1, 0.15) is 20.3 Å². The lowest BCUT2D eigenvalue weighted by Crippen LogP contribution is -2.16. The molecule has 0 aromatic rings. The van der Waals surface area contributed by atoms with Crippen LogP contribution in [0.15, 0.2) is 0 Å². The molecule has 0 N–H and O–H groups in total. The lowest BCUT2D eigenvalue weighted by atomic mass is 10.4. The molecule has 1 atom stereocenters. The minimum absolute atomic E-state index is 0.210. The predicted octanol–water partition coefficient (Wildman–Crippen LogP) is 1.65. The van der Waals surface area contributed by atoms with Crippen molar-refractivity contribution in [2.75, 3.05) is 19.8 Å². The van der Waals surface area contributed by atoms with Gasteiger partial charge in [-0.25, -0.2) is 0 Å². The Balaban J connectivity index is 3.00. The minimum Gasteiger partial charge on any atom is -0.379 e. The molecule has 61 valence electrons. The Labute approximate surface area is 63.5 Å². The second kappa shape index (κ2) is 7.03. The minimum atomic E-state index is 0.210. The van der Waals surface area contributed by atoms with Gasteiger partial charge in [-0.05, 0) is 20.3 Å². The SMILES string of the molecule is [CH2]COCC(C)OCCC. The highest BCUT2D eigenvalue weighted by Crippen LogP contribution is 1.92. The molecule has 0 fully saturated rings. The third-order valence-electron chi connectivity index (χ3n) is 1.10. The molecule has 0 aromatic carbocycles. The quantitative estimate of drug-likeness (QED) is 0.566. The zero-order chi connectivity index (χ0) is 7.82. The van der Waals surface area contributed by atoms with Gasteiger partial charge in [-0.1, -0.05) is 6.92 Å². The van der Waals surface area contributed by atoms with E-state index in [4.69, 9.17) is 9.47 Å². The van der Waals surface area contributed by atoms with E-state index in [-0.39, 0.29) is 6.10 Å². The first-order valence-corrected chi connectivity index (χ1v) is 3.79. The Morgan fingerprint density at radius 1 is 1.50 bits per heavy atom. The highest BCUT2D eigenvalue weighted by molar-refractivity contribution is 4.46. The predicted molar refractivity (Wildman–Crippen MR) is 41.9 cm³/mol. The molecule has 0 amide bonds. The average molecular weight is 145 g/mol. The van der Waals surface area contributed by atoms with Gasteiger partial charge in [0.05, 0.1) is 12.7 Å². The van der Waals surface area contributed by atoms with Crippen molar-refractivity contribution in [3.05, 3.63) is 6.92 Å². The van der Waals surface area contributed by atoms with Crippen LogP contribution in [0.2, 0.25) is 0 Å². The van der Waals surface area contributed by atoms with Crippen LogP contribution in [-0.4, -0.2) is 25.9 Å². The Bertz CT molecular complexity index is 56.3. The molecular formula is C8H17O2. The van der Waals surface area contributed by atoms with Gasteiger partial charge in [-0.15, -0.1) is 0 Å². The summed E-state index contributed by atoms with van der Waals surface area (Å²) in [6.45, 7) is 9.66. The van der Waals surface area contributed by atoms with Crippen molar-refractivity contribution >= 4 is 0 Å². The maximum atomic E-state index is 5.34. The molecule has 0 heterocycles. The van der Waals surface area contributed by atoms with Gasteiger partial charge in [0.1, 0.15) is 0 Å². The summed E-state index contributed by atoms with van der Waals surface area (Å²) in [7, 11) is 0. The van der Waals surface area contributed by atoms with Crippen molar-refractivity contribution in [2.45, 2.75) is 26.4 Å². The summed E-state index contributed by atoms with van der Waals surface area (Å²) < 4.78 is 10.4. The maximum absolute atomic E-state index is 5.34. The van der Waals surface area contributed by atoms with Crippen molar-refractivity contribution in [3.63, 3.8) is 0 Å². The largest absolute Gasteiger partial charge is 0.379 e. The van der Waals surface area contributed by atoms with Crippen LogP contribution in [-0.2, 0) is 9.47 Å². The summed E-state index contributed by atoms with van der Waals surface area (Å²) in [6.07, 6.45) is 1.27. The normalized spacial score (nSPS) is 13.5. The lowest BCUT2D eigenvalue weighted by molar-refractivity contribution is 0.000495. The zero-order valence-electron chi connectivity index (χ0n) is 6.93. The second-order valence-electron chi connectivity index (χ2n) is 2.26. The Morgan fingerprint density at radius 2 is 2.20 bits per heavy atom. The van der Waals surface area contributed by atoms with E-state index in [1.54, 1.807) is 0 Å². The van der Waals surface area contributed by atoms with Crippen LogP contribution in [0.3, 0.4) is 0 Å². The zero-order valence-corrected chi connectivity index (χ0v) is 6.93. The standard InChI is InChI=1S/C8H17O2/c1-4-6-10-8(3)7-9-5-2/h8H,2,4-7H2,1,3H3. The van der Waals surface area contributed by atoms with Crippen LogP contribution in [0.25, 0.3) is 0 Å². The van der Waals surface area contributed by atoms with Crippen molar-refractivity contribution in [3.8, 4) is 0 Å². The van der Waals surface area contributed by atoms with Crippen LogP contribution >= 0.6 is 0 Å². The summed E-state index contributed by atoms with van der Waals surface area (Å²) in [4.78, 5) is 0. The molecule has 0 spiro atoms. The second-order valence-corrected chi connectivity index (χ2v) is 2.26. The molecule has 0 aliphatic carbocycles. The van der Waals surface area contributed by atoms with Gasteiger partial charge in [0, 0.05) is 13.2 Å². The first-order chi connectivity index (χ1) is 4.81. The Morgan fingerprint density at radius 3 is 2.70 bits per heavy atom. The number of hydrogen-bond donors (Lipinski definition) is 0. The van der Waals surface area contributed by atoms with Crippen LogP contribution < -0.4 is 0 Å². The average Bonchev–Trinajstić information content (AvgIpc) is 1.97.